The first kappa shape index (κ1) is 26.6. The van der Waals surface area contributed by atoms with Crippen molar-refractivity contribution in [3.8, 4) is 0 Å². The number of anilines is 2. The third kappa shape index (κ3) is 6.26. The zero-order valence-electron chi connectivity index (χ0n) is 21.7. The molecule has 0 saturated carbocycles. The highest BCUT2D eigenvalue weighted by Crippen LogP contribution is 2.16. The first-order chi connectivity index (χ1) is 18.4. The molecule has 3 aromatic carbocycles. The number of para-hydroxylation sites is 2. The van der Waals surface area contributed by atoms with Gasteiger partial charge in [-0.2, -0.15) is 0 Å². The summed E-state index contributed by atoms with van der Waals surface area (Å²) in [6.07, 6.45) is 1.99. The van der Waals surface area contributed by atoms with Gasteiger partial charge in [0.25, 0.3) is 5.56 Å². The average molecular weight is 513 g/mol. The van der Waals surface area contributed by atoms with E-state index in [0.717, 1.165) is 27.8 Å². The number of hydrogen-bond donors (Lipinski definition) is 2. The van der Waals surface area contributed by atoms with Gasteiger partial charge in [0.05, 0.1) is 10.9 Å². The Morgan fingerprint density at radius 3 is 2.26 bits per heavy atom. The fraction of sp³-hybridized carbons (Fsp3) is 0.267. The van der Waals surface area contributed by atoms with Crippen LogP contribution in [0.2, 0.25) is 0 Å². The van der Waals surface area contributed by atoms with Crippen molar-refractivity contribution >= 4 is 34.1 Å². The Bertz CT molecular complexity index is 1570. The molecule has 8 nitrogen and oxygen atoms in total. The number of nitrogens with one attached hydrogen (secondary N) is 2. The fourth-order valence-corrected chi connectivity index (χ4v) is 4.42. The van der Waals surface area contributed by atoms with E-state index in [1.54, 1.807) is 24.3 Å². The minimum atomic E-state index is -0.545. The second-order valence-electron chi connectivity index (χ2n) is 9.27. The minimum Gasteiger partial charge on any atom is -0.326 e. The maximum Gasteiger partial charge on any atom is 0.331 e. The summed E-state index contributed by atoms with van der Waals surface area (Å²) in [5, 5.41) is 6.12. The molecular weight excluding hydrogens is 480 g/mol. The van der Waals surface area contributed by atoms with Crippen LogP contribution in [0, 0.1) is 6.92 Å². The largest absolute Gasteiger partial charge is 0.331 e. The molecule has 0 spiro atoms. The molecule has 0 aliphatic heterocycles. The normalized spacial score (nSPS) is 10.9. The van der Waals surface area contributed by atoms with E-state index in [9.17, 15) is 19.2 Å². The lowest BCUT2D eigenvalue weighted by atomic mass is 10.1. The number of benzene rings is 3. The molecule has 4 aromatic rings. The van der Waals surface area contributed by atoms with Crippen molar-refractivity contribution in [2.24, 2.45) is 0 Å². The van der Waals surface area contributed by atoms with Crippen LogP contribution in [0.4, 0.5) is 11.4 Å². The molecule has 0 fully saturated rings. The van der Waals surface area contributed by atoms with Crippen LogP contribution in [0.25, 0.3) is 10.9 Å². The molecule has 0 atom stereocenters. The Hall–Kier alpha value is -4.46. The number of carbonyl (C=O) groups is 2. The van der Waals surface area contributed by atoms with E-state index < -0.39 is 11.2 Å². The maximum absolute atomic E-state index is 13.4. The van der Waals surface area contributed by atoms with Crippen molar-refractivity contribution in [3.05, 3.63) is 105 Å². The highest BCUT2D eigenvalue weighted by atomic mass is 16.2. The summed E-state index contributed by atoms with van der Waals surface area (Å²) in [5.74, 6) is -0.475. The maximum atomic E-state index is 13.4. The number of fused-ring (bicyclic) bond motifs is 1. The summed E-state index contributed by atoms with van der Waals surface area (Å²) in [6, 6.07) is 21.9. The van der Waals surface area contributed by atoms with Gasteiger partial charge < -0.3 is 10.6 Å². The number of aromatic nitrogens is 2. The van der Waals surface area contributed by atoms with E-state index in [2.05, 4.69) is 10.6 Å². The molecule has 1 aromatic heterocycles. The zero-order chi connectivity index (χ0) is 27.1. The van der Waals surface area contributed by atoms with E-state index in [1.807, 2.05) is 62.4 Å². The third-order valence-electron chi connectivity index (χ3n) is 6.48. The van der Waals surface area contributed by atoms with Crippen LogP contribution >= 0.6 is 0 Å². The van der Waals surface area contributed by atoms with Crippen LogP contribution in [-0.4, -0.2) is 20.9 Å². The van der Waals surface area contributed by atoms with E-state index >= 15 is 0 Å². The van der Waals surface area contributed by atoms with Gasteiger partial charge in [-0.25, -0.2) is 4.79 Å². The molecule has 38 heavy (non-hydrogen) atoms. The summed E-state index contributed by atoms with van der Waals surface area (Å²) < 4.78 is 2.50. The van der Waals surface area contributed by atoms with Crippen molar-refractivity contribution in [2.75, 3.05) is 10.6 Å². The van der Waals surface area contributed by atoms with Gasteiger partial charge in [0.2, 0.25) is 11.8 Å². The molecule has 0 aliphatic rings. The topological polar surface area (TPSA) is 102 Å². The van der Waals surface area contributed by atoms with E-state index in [-0.39, 0.29) is 31.3 Å². The third-order valence-corrected chi connectivity index (χ3v) is 6.48. The first-order valence-corrected chi connectivity index (χ1v) is 12.8. The zero-order valence-corrected chi connectivity index (χ0v) is 21.7. The number of hydrogen-bond acceptors (Lipinski definition) is 4. The predicted octanol–water partition coefficient (Wildman–Crippen LogP) is 4.48. The smallest absolute Gasteiger partial charge is 0.326 e. The van der Waals surface area contributed by atoms with Gasteiger partial charge in [-0.05, 0) is 62.1 Å². The Kier molecular flexibility index (Phi) is 8.53. The van der Waals surface area contributed by atoms with Crippen molar-refractivity contribution in [1.82, 2.24) is 9.13 Å². The summed E-state index contributed by atoms with van der Waals surface area (Å²) in [6.45, 7) is 3.91. The lowest BCUT2D eigenvalue weighted by Crippen LogP contribution is -2.41. The summed E-state index contributed by atoms with van der Waals surface area (Å²) >= 11 is 0. The molecular formula is C30H32N4O4. The van der Waals surface area contributed by atoms with Crippen molar-refractivity contribution in [3.63, 3.8) is 0 Å². The number of carbonyl (C=O) groups excluding carboxylic acids is 2. The summed E-state index contributed by atoms with van der Waals surface area (Å²) in [5.41, 5.74) is 3.01. The lowest BCUT2D eigenvalue weighted by molar-refractivity contribution is -0.117. The minimum absolute atomic E-state index is 0.124. The van der Waals surface area contributed by atoms with Crippen LogP contribution in [0.5, 0.6) is 0 Å². The SMILES string of the molecule is CCc1ccccc1NC(=O)Cn1c(=O)n(CCCCC(=O)Nc2ccc(C)cc2)c(=O)c2ccccc21. The van der Waals surface area contributed by atoms with Gasteiger partial charge in [0.15, 0.2) is 0 Å². The van der Waals surface area contributed by atoms with Crippen LogP contribution in [-0.2, 0) is 29.1 Å². The van der Waals surface area contributed by atoms with Gasteiger partial charge in [-0.15, -0.1) is 0 Å². The summed E-state index contributed by atoms with van der Waals surface area (Å²) in [4.78, 5) is 51.7. The van der Waals surface area contributed by atoms with Crippen LogP contribution in [0.15, 0.2) is 82.4 Å². The molecule has 0 radical (unpaired) electrons. The van der Waals surface area contributed by atoms with Gasteiger partial charge >= 0.3 is 5.69 Å². The number of aryl methyl sites for hydroxylation is 2. The van der Waals surface area contributed by atoms with E-state index in [1.165, 1.54) is 4.57 Å². The average Bonchev–Trinajstić information content (AvgIpc) is 2.92. The molecule has 196 valence electrons. The Balaban J connectivity index is 1.48. The highest BCUT2D eigenvalue weighted by molar-refractivity contribution is 5.92. The number of nitrogens with zero attached hydrogens (tertiary/aromatic N) is 2. The van der Waals surface area contributed by atoms with Gasteiger partial charge in [-0.3, -0.25) is 23.5 Å². The highest BCUT2D eigenvalue weighted by Gasteiger charge is 2.16. The fourth-order valence-electron chi connectivity index (χ4n) is 4.42. The van der Waals surface area contributed by atoms with Crippen LogP contribution in [0.3, 0.4) is 0 Å². The second kappa shape index (κ2) is 12.2. The number of rotatable bonds is 10. The Labute approximate surface area is 220 Å². The molecule has 8 heteroatoms. The molecule has 2 amide bonds. The Morgan fingerprint density at radius 1 is 0.789 bits per heavy atom. The van der Waals surface area contributed by atoms with Crippen molar-refractivity contribution < 1.29 is 9.59 Å². The van der Waals surface area contributed by atoms with E-state index in [0.29, 0.717) is 29.4 Å². The van der Waals surface area contributed by atoms with E-state index in [4.69, 9.17) is 0 Å². The molecule has 0 unspecified atom stereocenters. The predicted molar refractivity (Wildman–Crippen MR) is 151 cm³/mol. The number of unbranched alkanes of at least 4 members (excludes halogenated alkanes) is 1. The first-order valence-electron chi connectivity index (χ1n) is 12.8. The van der Waals surface area contributed by atoms with Crippen LogP contribution < -0.4 is 21.9 Å². The van der Waals surface area contributed by atoms with Gasteiger partial charge in [0, 0.05) is 24.3 Å². The molecule has 0 aliphatic carbocycles. The monoisotopic (exact) mass is 512 g/mol. The van der Waals surface area contributed by atoms with Crippen LogP contribution in [0.1, 0.15) is 37.3 Å². The molecule has 4 rings (SSSR count). The quantitative estimate of drug-likeness (QED) is 0.306. The Morgan fingerprint density at radius 2 is 1.50 bits per heavy atom. The molecule has 1 heterocycles. The molecule has 2 N–H and O–H groups in total. The van der Waals surface area contributed by atoms with Gasteiger partial charge in [-0.1, -0.05) is 55.0 Å². The molecule has 0 bridgehead atoms. The number of amides is 2. The second-order valence-corrected chi connectivity index (χ2v) is 9.27. The van der Waals surface area contributed by atoms with Crippen molar-refractivity contribution in [2.45, 2.75) is 52.6 Å². The molecule has 0 saturated heterocycles. The van der Waals surface area contributed by atoms with Crippen molar-refractivity contribution in [1.29, 1.82) is 0 Å². The van der Waals surface area contributed by atoms with Gasteiger partial charge in [0.1, 0.15) is 6.54 Å². The standard InChI is InChI=1S/C30H32N4O4/c1-3-22-10-4-6-12-25(22)32-28(36)20-34-26-13-7-5-11-24(26)29(37)33(30(34)38)19-9-8-14-27(35)31-23-17-15-21(2)16-18-23/h4-7,10-13,15-18H,3,8-9,14,19-20H2,1-2H3,(H,31,35)(H,32,36). The lowest BCUT2D eigenvalue weighted by Gasteiger charge is -2.15. The summed E-state index contributed by atoms with van der Waals surface area (Å²) in [7, 11) is 0.